The fourth-order valence-electron chi connectivity index (χ4n) is 4.15. The highest BCUT2D eigenvalue weighted by molar-refractivity contribution is 9.10. The molecule has 0 saturated carbocycles. The van der Waals surface area contributed by atoms with Crippen molar-refractivity contribution in [2.45, 2.75) is 26.8 Å². The molecule has 8 heteroatoms. The van der Waals surface area contributed by atoms with Crippen molar-refractivity contribution in [2.75, 3.05) is 4.90 Å². The average Bonchev–Trinajstić information content (AvgIpc) is 3.45. The number of aliphatic hydroxyl groups is 1. The van der Waals surface area contributed by atoms with Crippen molar-refractivity contribution in [3.8, 4) is 0 Å². The molecule has 2 aromatic carbocycles. The number of nitrogens with zero attached hydrogens (tertiary/aromatic N) is 2. The second-order valence-corrected chi connectivity index (χ2v) is 9.98. The van der Waals surface area contributed by atoms with Gasteiger partial charge in [0.25, 0.3) is 5.91 Å². The normalized spacial score (nSPS) is 16.3. The van der Waals surface area contributed by atoms with Gasteiger partial charge in [0.2, 0.25) is 5.78 Å². The number of carbonyl (C=O) groups is 2. The molecule has 0 saturated heterocycles. The predicted octanol–water partition coefficient (Wildman–Crippen LogP) is 6.36. The van der Waals surface area contributed by atoms with Crippen LogP contribution in [0.2, 0.25) is 0 Å². The van der Waals surface area contributed by atoms with E-state index in [9.17, 15) is 14.7 Å². The standard InChI is InChI=1S/C25H19BrN2O4S/c1-12-10-13(2)20-18(11-12)33-25(27-20)28-21(15-5-7-16(26)8-6-15)19(23(30)24(28)31)22(29)17-9-4-14(3)32-17/h4-11,21,30H,1-3H3/t21-/m1/s1. The fourth-order valence-corrected chi connectivity index (χ4v) is 5.58. The van der Waals surface area contributed by atoms with Gasteiger partial charge in [0, 0.05) is 4.47 Å². The Morgan fingerprint density at radius 3 is 2.52 bits per heavy atom. The van der Waals surface area contributed by atoms with Crippen LogP contribution < -0.4 is 4.90 Å². The molecule has 1 N–H and O–H groups in total. The topological polar surface area (TPSA) is 83.6 Å². The number of carbonyl (C=O) groups excluding carboxylic acids is 2. The number of thiazole rings is 1. The molecule has 1 amide bonds. The van der Waals surface area contributed by atoms with Gasteiger partial charge in [-0.25, -0.2) is 4.98 Å². The molecule has 6 nitrogen and oxygen atoms in total. The highest BCUT2D eigenvalue weighted by Crippen LogP contribution is 2.44. The van der Waals surface area contributed by atoms with Gasteiger partial charge < -0.3 is 9.52 Å². The number of hydrogen-bond donors (Lipinski definition) is 1. The molecule has 1 aliphatic rings. The summed E-state index contributed by atoms with van der Waals surface area (Å²) < 4.78 is 7.31. The van der Waals surface area contributed by atoms with E-state index in [1.165, 1.54) is 16.2 Å². The monoisotopic (exact) mass is 522 g/mol. The second kappa shape index (κ2) is 7.97. The molecule has 166 valence electrons. The zero-order valence-corrected chi connectivity index (χ0v) is 20.5. The van der Waals surface area contributed by atoms with E-state index in [0.717, 1.165) is 25.8 Å². The van der Waals surface area contributed by atoms with Gasteiger partial charge in [0.1, 0.15) is 5.76 Å². The Kier molecular flexibility index (Phi) is 5.22. The molecule has 0 unspecified atom stereocenters. The third-order valence-electron chi connectivity index (χ3n) is 5.63. The molecule has 1 aliphatic heterocycles. The molecule has 2 aromatic heterocycles. The Labute approximate surface area is 202 Å². The van der Waals surface area contributed by atoms with Crippen LogP contribution in [0.4, 0.5) is 5.13 Å². The van der Waals surface area contributed by atoms with E-state index in [4.69, 9.17) is 9.40 Å². The van der Waals surface area contributed by atoms with Crippen LogP contribution in [0.25, 0.3) is 10.2 Å². The third-order valence-corrected chi connectivity index (χ3v) is 7.16. The maximum Gasteiger partial charge on any atom is 0.296 e. The summed E-state index contributed by atoms with van der Waals surface area (Å²) in [6, 6.07) is 13.7. The van der Waals surface area contributed by atoms with Gasteiger partial charge in [-0.2, -0.15) is 0 Å². The Morgan fingerprint density at radius 2 is 1.85 bits per heavy atom. The quantitative estimate of drug-likeness (QED) is 0.315. The number of aliphatic hydroxyl groups excluding tert-OH is 1. The number of hydrogen-bond acceptors (Lipinski definition) is 6. The molecule has 1 atom stereocenters. The van der Waals surface area contributed by atoms with Crippen molar-refractivity contribution in [1.82, 2.24) is 4.98 Å². The largest absolute Gasteiger partial charge is 0.503 e. The van der Waals surface area contributed by atoms with Gasteiger partial charge in [0.15, 0.2) is 16.7 Å². The molecule has 33 heavy (non-hydrogen) atoms. The average molecular weight is 523 g/mol. The smallest absolute Gasteiger partial charge is 0.296 e. The summed E-state index contributed by atoms with van der Waals surface area (Å²) in [7, 11) is 0. The molecule has 0 aliphatic carbocycles. The number of rotatable bonds is 4. The molecule has 5 rings (SSSR count). The summed E-state index contributed by atoms with van der Waals surface area (Å²) in [6.45, 7) is 5.71. The lowest BCUT2D eigenvalue weighted by atomic mass is 9.95. The van der Waals surface area contributed by atoms with Crippen LogP contribution in [0.5, 0.6) is 0 Å². The lowest BCUT2D eigenvalue weighted by molar-refractivity contribution is -0.117. The zero-order chi connectivity index (χ0) is 23.4. The lowest BCUT2D eigenvalue weighted by Gasteiger charge is -2.24. The van der Waals surface area contributed by atoms with Crippen molar-refractivity contribution < 1.29 is 19.1 Å². The Bertz CT molecular complexity index is 1470. The van der Waals surface area contributed by atoms with E-state index in [1.807, 2.05) is 50.2 Å². The number of halogens is 1. The van der Waals surface area contributed by atoms with E-state index in [0.29, 0.717) is 16.5 Å². The van der Waals surface area contributed by atoms with Crippen molar-refractivity contribution in [2.24, 2.45) is 0 Å². The number of furan rings is 1. The zero-order valence-electron chi connectivity index (χ0n) is 18.0. The first-order valence-electron chi connectivity index (χ1n) is 10.3. The number of aromatic nitrogens is 1. The Balaban J connectivity index is 1.69. The number of Topliss-reactive ketones (excluding diaryl/α,β-unsaturated/α-hetero) is 1. The second-order valence-electron chi connectivity index (χ2n) is 8.06. The highest BCUT2D eigenvalue weighted by Gasteiger charge is 2.46. The SMILES string of the molecule is Cc1cc(C)c2nc(N3C(=O)C(O)=C(C(=O)c4ccc(C)o4)[C@H]3c3ccc(Br)cc3)sc2c1. The number of fused-ring (bicyclic) bond motifs is 1. The molecule has 0 spiro atoms. The summed E-state index contributed by atoms with van der Waals surface area (Å²) in [5.41, 5.74) is 3.54. The fraction of sp³-hybridized carbons (Fsp3) is 0.160. The lowest BCUT2D eigenvalue weighted by Crippen LogP contribution is -2.30. The van der Waals surface area contributed by atoms with E-state index in [-0.39, 0.29) is 11.3 Å². The summed E-state index contributed by atoms with van der Waals surface area (Å²) in [5.74, 6) is -1.15. The van der Waals surface area contributed by atoms with Gasteiger partial charge in [-0.1, -0.05) is 45.5 Å². The van der Waals surface area contributed by atoms with Crippen LogP contribution in [0.15, 0.2) is 68.8 Å². The summed E-state index contributed by atoms with van der Waals surface area (Å²) >= 11 is 4.78. The first-order valence-corrected chi connectivity index (χ1v) is 11.9. The maximum atomic E-state index is 13.4. The van der Waals surface area contributed by atoms with E-state index < -0.39 is 23.5 Å². The van der Waals surface area contributed by atoms with E-state index in [1.54, 1.807) is 19.1 Å². The molecule has 0 fully saturated rings. The number of benzene rings is 2. The van der Waals surface area contributed by atoms with Gasteiger partial charge in [-0.05, 0) is 67.8 Å². The molecule has 3 heterocycles. The number of amides is 1. The van der Waals surface area contributed by atoms with Crippen molar-refractivity contribution in [1.29, 1.82) is 0 Å². The van der Waals surface area contributed by atoms with Crippen LogP contribution in [-0.2, 0) is 4.79 Å². The van der Waals surface area contributed by atoms with Crippen molar-refractivity contribution in [3.63, 3.8) is 0 Å². The van der Waals surface area contributed by atoms with Crippen LogP contribution in [0.1, 0.15) is 39.0 Å². The predicted molar refractivity (Wildman–Crippen MR) is 131 cm³/mol. The summed E-state index contributed by atoms with van der Waals surface area (Å²) in [4.78, 5) is 32.9. The Hall–Kier alpha value is -3.23. The summed E-state index contributed by atoms with van der Waals surface area (Å²) in [5, 5.41) is 11.3. The van der Waals surface area contributed by atoms with Crippen LogP contribution in [-0.4, -0.2) is 21.8 Å². The number of aryl methyl sites for hydroxylation is 3. The number of anilines is 1. The van der Waals surface area contributed by atoms with Crippen molar-refractivity contribution >= 4 is 54.3 Å². The minimum Gasteiger partial charge on any atom is -0.503 e. The first-order chi connectivity index (χ1) is 15.7. The molecule has 4 aromatic rings. The molecular weight excluding hydrogens is 504 g/mol. The highest BCUT2D eigenvalue weighted by atomic mass is 79.9. The minimum atomic E-state index is -0.842. The van der Waals surface area contributed by atoms with Crippen LogP contribution in [0, 0.1) is 20.8 Å². The minimum absolute atomic E-state index is 0.0242. The molecular formula is C25H19BrN2O4S. The Morgan fingerprint density at radius 1 is 1.12 bits per heavy atom. The third kappa shape index (κ3) is 3.59. The first kappa shape index (κ1) is 21.6. The number of ketones is 1. The molecule has 0 radical (unpaired) electrons. The van der Waals surface area contributed by atoms with E-state index >= 15 is 0 Å². The van der Waals surface area contributed by atoms with Gasteiger partial charge in [-0.3, -0.25) is 14.5 Å². The van der Waals surface area contributed by atoms with Gasteiger partial charge in [-0.15, -0.1) is 0 Å². The maximum absolute atomic E-state index is 13.4. The van der Waals surface area contributed by atoms with Crippen LogP contribution >= 0.6 is 27.3 Å². The van der Waals surface area contributed by atoms with E-state index in [2.05, 4.69) is 15.9 Å². The van der Waals surface area contributed by atoms with Crippen LogP contribution in [0.3, 0.4) is 0 Å². The van der Waals surface area contributed by atoms with Gasteiger partial charge >= 0.3 is 0 Å². The van der Waals surface area contributed by atoms with Gasteiger partial charge in [0.05, 0.1) is 21.8 Å². The summed E-state index contributed by atoms with van der Waals surface area (Å²) in [6.07, 6.45) is 0. The van der Waals surface area contributed by atoms with Crippen molar-refractivity contribution in [3.05, 3.63) is 92.5 Å². The molecule has 0 bridgehead atoms.